The summed E-state index contributed by atoms with van der Waals surface area (Å²) in [5, 5.41) is 12.7. The maximum Gasteiger partial charge on any atom is 0.416 e. The van der Waals surface area contributed by atoms with Gasteiger partial charge in [0, 0.05) is 11.6 Å². The molecule has 1 amide bonds. The van der Waals surface area contributed by atoms with Gasteiger partial charge in [-0.15, -0.1) is 0 Å². The van der Waals surface area contributed by atoms with Crippen molar-refractivity contribution >= 4 is 17.9 Å². The lowest BCUT2D eigenvalue weighted by molar-refractivity contribution is 0.142. The summed E-state index contributed by atoms with van der Waals surface area (Å²) < 4.78 is 38.4. The number of amides is 1. The first kappa shape index (κ1) is 19.7. The first-order valence-electron chi connectivity index (χ1n) is 8.58. The number of aliphatic hydroxyl groups is 1. The number of carbonyl (C=O) groups is 1. The second-order valence-corrected chi connectivity index (χ2v) is 6.37. The van der Waals surface area contributed by atoms with Crippen LogP contribution in [0, 0.1) is 11.6 Å². The lowest BCUT2D eigenvalue weighted by Gasteiger charge is -2.23. The number of aliphatic hydroxyl groups excluding tert-OH is 1. The number of hydrogen-bond donors (Lipinski definition) is 2. The minimum Gasteiger partial charge on any atom is -0.497 e. The second kappa shape index (κ2) is 7.93. The number of benzene rings is 1. The van der Waals surface area contributed by atoms with Crippen molar-refractivity contribution < 1.29 is 28.2 Å². The highest BCUT2D eigenvalue weighted by Crippen LogP contribution is 2.28. The highest BCUT2D eigenvalue weighted by Gasteiger charge is 2.39. The molecule has 1 aromatic carbocycles. The zero-order valence-corrected chi connectivity index (χ0v) is 15.5. The third-order valence-electron chi connectivity index (χ3n) is 4.44. The molecule has 1 aromatic heterocycles. The Morgan fingerprint density at radius 1 is 1.36 bits per heavy atom. The van der Waals surface area contributed by atoms with E-state index in [1.807, 2.05) is 0 Å². The highest BCUT2D eigenvalue weighted by atomic mass is 19.1. The summed E-state index contributed by atoms with van der Waals surface area (Å²) in [7, 11) is 1.44. The van der Waals surface area contributed by atoms with E-state index in [1.54, 1.807) is 19.1 Å². The van der Waals surface area contributed by atoms with E-state index in [0.717, 1.165) is 11.1 Å². The van der Waals surface area contributed by atoms with Crippen LogP contribution >= 0.6 is 0 Å². The number of aromatic nitrogens is 2. The molecule has 0 saturated carbocycles. The Labute approximate surface area is 160 Å². The summed E-state index contributed by atoms with van der Waals surface area (Å²) in [6, 6.07) is 3.08. The lowest BCUT2D eigenvalue weighted by Crippen LogP contribution is -2.42. The monoisotopic (exact) mass is 394 g/mol. The van der Waals surface area contributed by atoms with Crippen LogP contribution in [-0.2, 0) is 4.74 Å². The van der Waals surface area contributed by atoms with E-state index in [4.69, 9.17) is 9.47 Å². The van der Waals surface area contributed by atoms with Crippen molar-refractivity contribution in [2.24, 2.45) is 0 Å². The van der Waals surface area contributed by atoms with Crippen molar-refractivity contribution in [2.45, 2.75) is 32.0 Å². The molecule has 8 nitrogen and oxygen atoms in total. The summed E-state index contributed by atoms with van der Waals surface area (Å²) in [4.78, 5) is 20.8. The number of carbonyl (C=O) groups excluding carboxylic acids is 1. The molecule has 0 aliphatic carbocycles. The van der Waals surface area contributed by atoms with Crippen molar-refractivity contribution in [3.05, 3.63) is 41.6 Å². The molecule has 2 aromatic rings. The summed E-state index contributed by atoms with van der Waals surface area (Å²) in [5.74, 6) is -1.29. The van der Waals surface area contributed by atoms with Gasteiger partial charge in [0.05, 0.1) is 25.5 Å². The van der Waals surface area contributed by atoms with Crippen LogP contribution in [-0.4, -0.2) is 47.0 Å². The fourth-order valence-corrected chi connectivity index (χ4v) is 2.89. The summed E-state index contributed by atoms with van der Waals surface area (Å²) in [6.07, 6.45) is -0.875. The van der Waals surface area contributed by atoms with Gasteiger partial charge in [0.2, 0.25) is 5.95 Å². The molecule has 10 heteroatoms. The van der Waals surface area contributed by atoms with Gasteiger partial charge >= 0.3 is 6.09 Å². The minimum atomic E-state index is -0.954. The Kier molecular flexibility index (Phi) is 5.59. The van der Waals surface area contributed by atoms with E-state index in [0.29, 0.717) is 11.3 Å². The van der Waals surface area contributed by atoms with Gasteiger partial charge in [-0.3, -0.25) is 0 Å². The average Bonchev–Trinajstić information content (AvgIpc) is 3.04. The molecular weight excluding hydrogens is 374 g/mol. The van der Waals surface area contributed by atoms with E-state index >= 15 is 0 Å². The first-order chi connectivity index (χ1) is 13.3. The molecule has 0 radical (unpaired) electrons. The summed E-state index contributed by atoms with van der Waals surface area (Å²) >= 11 is 0. The van der Waals surface area contributed by atoms with Crippen molar-refractivity contribution in [3.63, 3.8) is 0 Å². The van der Waals surface area contributed by atoms with Crippen LogP contribution in [0.25, 0.3) is 0 Å². The number of nitrogens with zero attached hydrogens (tertiary/aromatic N) is 3. The smallest absolute Gasteiger partial charge is 0.416 e. The molecule has 0 spiro atoms. The number of ether oxygens (including phenoxy) is 2. The maximum absolute atomic E-state index is 14.3. The third kappa shape index (κ3) is 3.81. The van der Waals surface area contributed by atoms with Crippen LogP contribution in [0.2, 0.25) is 0 Å². The fraction of sp³-hybridized carbons (Fsp3) is 0.389. The minimum absolute atomic E-state index is 0.0110. The Morgan fingerprint density at radius 2 is 2.11 bits per heavy atom. The second-order valence-electron chi connectivity index (χ2n) is 6.37. The Bertz CT molecular complexity index is 881. The Hall–Kier alpha value is -3.01. The summed E-state index contributed by atoms with van der Waals surface area (Å²) in [6.45, 7) is 3.06. The van der Waals surface area contributed by atoms with Gasteiger partial charge in [-0.25, -0.2) is 23.5 Å². The fourth-order valence-electron chi connectivity index (χ4n) is 2.89. The molecule has 1 aliphatic rings. The van der Waals surface area contributed by atoms with E-state index in [9.17, 15) is 18.7 Å². The molecule has 1 fully saturated rings. The average molecular weight is 394 g/mol. The number of hydrogen-bond acceptors (Lipinski definition) is 7. The van der Waals surface area contributed by atoms with Crippen LogP contribution in [0.1, 0.15) is 25.5 Å². The van der Waals surface area contributed by atoms with Gasteiger partial charge in [0.15, 0.2) is 11.6 Å². The Balaban J connectivity index is 1.86. The van der Waals surface area contributed by atoms with Crippen molar-refractivity contribution in [2.75, 3.05) is 23.9 Å². The molecule has 28 heavy (non-hydrogen) atoms. The van der Waals surface area contributed by atoms with Gasteiger partial charge < -0.3 is 19.9 Å². The molecule has 2 N–H and O–H groups in total. The predicted molar refractivity (Wildman–Crippen MR) is 96.3 cm³/mol. The molecule has 150 valence electrons. The lowest BCUT2D eigenvalue weighted by atomic mass is 10.1. The zero-order chi connectivity index (χ0) is 20.4. The largest absolute Gasteiger partial charge is 0.497 e. The summed E-state index contributed by atoms with van der Waals surface area (Å²) in [5.41, 5.74) is 0.331. The number of rotatable bonds is 6. The van der Waals surface area contributed by atoms with Crippen molar-refractivity contribution in [1.29, 1.82) is 0 Å². The SMILES string of the molecule is COc1ccc([C@H](C)Nc2ncc(F)c(N3C(=O)OCC3[C@@H](C)O)n2)c(F)c1. The van der Waals surface area contributed by atoms with Crippen LogP contribution in [0.5, 0.6) is 5.75 Å². The molecular formula is C18H20F2N4O4. The number of nitrogens with one attached hydrogen (secondary N) is 1. The molecule has 1 unspecified atom stereocenters. The maximum atomic E-state index is 14.3. The van der Waals surface area contributed by atoms with E-state index < -0.39 is 35.9 Å². The van der Waals surface area contributed by atoms with Crippen LogP contribution in [0.15, 0.2) is 24.4 Å². The zero-order valence-electron chi connectivity index (χ0n) is 15.5. The van der Waals surface area contributed by atoms with Crippen LogP contribution < -0.4 is 15.0 Å². The van der Waals surface area contributed by atoms with Gasteiger partial charge in [-0.1, -0.05) is 6.07 Å². The number of halogens is 2. The van der Waals surface area contributed by atoms with Crippen molar-refractivity contribution in [3.8, 4) is 5.75 Å². The predicted octanol–water partition coefficient (Wildman–Crippen LogP) is 2.64. The van der Waals surface area contributed by atoms with Gasteiger partial charge in [0.1, 0.15) is 24.2 Å². The molecule has 3 atom stereocenters. The molecule has 1 aliphatic heterocycles. The van der Waals surface area contributed by atoms with Gasteiger partial charge in [-0.05, 0) is 19.9 Å². The van der Waals surface area contributed by atoms with Gasteiger partial charge in [-0.2, -0.15) is 4.98 Å². The molecule has 2 heterocycles. The normalized spacial score (nSPS) is 18.6. The molecule has 0 bridgehead atoms. The number of methoxy groups -OCH3 is 1. The Morgan fingerprint density at radius 3 is 2.75 bits per heavy atom. The van der Waals surface area contributed by atoms with E-state index in [2.05, 4.69) is 15.3 Å². The number of cyclic esters (lactones) is 1. The number of anilines is 2. The standard InChI is InChI=1S/C18H20F2N4O4/c1-9(12-5-4-11(27-3)6-13(12)19)22-17-21-7-14(20)16(23-17)24-15(10(2)25)8-28-18(24)26/h4-7,9-10,15,25H,8H2,1-3H3,(H,21,22,23)/t9-,10+,15?/m0/s1. The topological polar surface area (TPSA) is 96.8 Å². The third-order valence-corrected chi connectivity index (χ3v) is 4.44. The molecule has 1 saturated heterocycles. The van der Waals surface area contributed by atoms with E-state index in [1.165, 1.54) is 20.1 Å². The van der Waals surface area contributed by atoms with E-state index in [-0.39, 0.29) is 18.4 Å². The highest BCUT2D eigenvalue weighted by molar-refractivity contribution is 5.89. The quantitative estimate of drug-likeness (QED) is 0.777. The molecule has 3 rings (SSSR count). The van der Waals surface area contributed by atoms with Crippen LogP contribution in [0.4, 0.5) is 25.3 Å². The first-order valence-corrected chi connectivity index (χ1v) is 8.58. The van der Waals surface area contributed by atoms with Crippen LogP contribution in [0.3, 0.4) is 0 Å². The van der Waals surface area contributed by atoms with Gasteiger partial charge in [0.25, 0.3) is 0 Å². The van der Waals surface area contributed by atoms with Crippen molar-refractivity contribution in [1.82, 2.24) is 9.97 Å².